The molecule has 10 heteroatoms. The molecule has 4 rings (SSSR count). The summed E-state index contributed by atoms with van der Waals surface area (Å²) in [5, 5.41) is 10.3. The van der Waals surface area contributed by atoms with E-state index >= 15 is 0 Å². The fourth-order valence-corrected chi connectivity index (χ4v) is 3.06. The van der Waals surface area contributed by atoms with Gasteiger partial charge in [-0.2, -0.15) is 13.2 Å². The van der Waals surface area contributed by atoms with Crippen LogP contribution in [0.4, 0.5) is 13.2 Å². The number of rotatable bonds is 4. The molecule has 2 aromatic heterocycles. The zero-order chi connectivity index (χ0) is 20.1. The number of hydrogen-bond donors (Lipinski definition) is 1. The van der Waals surface area contributed by atoms with E-state index in [0.29, 0.717) is 23.0 Å². The lowest BCUT2D eigenvalue weighted by molar-refractivity contribution is -0.184. The molecule has 1 saturated heterocycles. The van der Waals surface area contributed by atoms with Gasteiger partial charge in [0.15, 0.2) is 0 Å². The van der Waals surface area contributed by atoms with Gasteiger partial charge in [0, 0.05) is 25.4 Å². The molecule has 0 unspecified atom stereocenters. The van der Waals surface area contributed by atoms with E-state index in [1.807, 2.05) is 0 Å². The lowest BCUT2D eigenvalue weighted by Crippen LogP contribution is -2.53. The van der Waals surface area contributed by atoms with Crippen molar-refractivity contribution in [1.82, 2.24) is 14.1 Å². The highest BCUT2D eigenvalue weighted by Crippen LogP contribution is 2.31. The fourth-order valence-electron chi connectivity index (χ4n) is 3.06. The lowest BCUT2D eigenvalue weighted by atomic mass is 10.0. The predicted molar refractivity (Wildman–Crippen MR) is 92.3 cm³/mol. The van der Waals surface area contributed by atoms with Gasteiger partial charge in [0.2, 0.25) is 5.88 Å². The first-order chi connectivity index (χ1) is 13.2. The number of halogens is 3. The maximum absolute atomic E-state index is 12.6. The summed E-state index contributed by atoms with van der Waals surface area (Å²) in [6.07, 6.45) is -3.78. The van der Waals surface area contributed by atoms with E-state index in [0.717, 1.165) is 12.1 Å². The van der Waals surface area contributed by atoms with Crippen LogP contribution in [0.2, 0.25) is 0 Å². The first kappa shape index (κ1) is 18.5. The van der Waals surface area contributed by atoms with Gasteiger partial charge in [0.05, 0.1) is 36.4 Å². The molecule has 1 fully saturated rings. The molecule has 1 N–H and O–H groups in total. The number of ether oxygens (including phenoxy) is 2. The van der Waals surface area contributed by atoms with Crippen LogP contribution in [0.3, 0.4) is 0 Å². The molecule has 148 valence electrons. The van der Waals surface area contributed by atoms with Crippen LogP contribution in [0, 0.1) is 0 Å². The molecule has 28 heavy (non-hydrogen) atoms. The minimum atomic E-state index is -4.48. The van der Waals surface area contributed by atoms with E-state index in [1.165, 1.54) is 9.13 Å². The van der Waals surface area contributed by atoms with Gasteiger partial charge in [-0.25, -0.2) is 9.78 Å². The monoisotopic (exact) mass is 395 g/mol. The van der Waals surface area contributed by atoms with Gasteiger partial charge >= 0.3 is 11.9 Å². The Balaban J connectivity index is 1.66. The Morgan fingerprint density at radius 1 is 1.25 bits per heavy atom. The lowest BCUT2D eigenvalue weighted by Gasteiger charge is -2.36. The summed E-state index contributed by atoms with van der Waals surface area (Å²) in [5.74, 6) is 0.291. The van der Waals surface area contributed by atoms with Crippen LogP contribution >= 0.6 is 0 Å². The first-order valence-corrected chi connectivity index (χ1v) is 8.37. The molecule has 0 bridgehead atoms. The van der Waals surface area contributed by atoms with Crippen molar-refractivity contribution in [1.29, 1.82) is 0 Å². The summed E-state index contributed by atoms with van der Waals surface area (Å²) in [7, 11) is 1.61. The number of pyridine rings is 1. The van der Waals surface area contributed by atoms with Crippen molar-refractivity contribution < 1.29 is 27.8 Å². The molecule has 3 aromatic rings. The highest BCUT2D eigenvalue weighted by molar-refractivity contribution is 5.78. The minimum absolute atomic E-state index is 0.0109. The normalized spacial score (nSPS) is 16.2. The Kier molecular flexibility index (Phi) is 4.20. The smallest absolute Gasteiger partial charge is 0.417 e. The molecule has 1 aliphatic rings. The summed E-state index contributed by atoms with van der Waals surface area (Å²) in [4.78, 5) is 16.2. The molecule has 1 aromatic carbocycles. The first-order valence-electron chi connectivity index (χ1n) is 8.37. The summed E-state index contributed by atoms with van der Waals surface area (Å²) in [6.45, 7) is 0.341. The van der Waals surface area contributed by atoms with E-state index < -0.39 is 17.3 Å². The van der Waals surface area contributed by atoms with E-state index in [4.69, 9.17) is 9.47 Å². The topological polar surface area (TPSA) is 78.5 Å². The summed E-state index contributed by atoms with van der Waals surface area (Å²) in [6, 6.07) is 6.84. The quantitative estimate of drug-likeness (QED) is 0.734. The standard InChI is InChI=1S/C18H16F3N3O4/c1-23-13-4-3-12(28-15-5-2-11(7-22-15)18(19,20)21)6-14(13)24(16(23)25)8-17(26)9-27-10-17/h2-7,26H,8-10H2,1H3. The number of aryl methyl sites for hydroxylation is 1. The maximum Gasteiger partial charge on any atom is 0.417 e. The number of alkyl halides is 3. The van der Waals surface area contributed by atoms with Gasteiger partial charge in [-0.15, -0.1) is 0 Å². The van der Waals surface area contributed by atoms with Crippen LogP contribution in [0.5, 0.6) is 11.6 Å². The summed E-state index contributed by atoms with van der Waals surface area (Å²) >= 11 is 0. The molecular formula is C18H16F3N3O4. The predicted octanol–water partition coefficient (Wildman–Crippen LogP) is 2.31. The zero-order valence-corrected chi connectivity index (χ0v) is 14.7. The van der Waals surface area contributed by atoms with E-state index in [-0.39, 0.29) is 31.3 Å². The average Bonchev–Trinajstić information content (AvgIpc) is 2.84. The van der Waals surface area contributed by atoms with Crippen LogP contribution in [-0.4, -0.2) is 38.0 Å². The second kappa shape index (κ2) is 6.35. The Labute approximate surface area is 156 Å². The Morgan fingerprint density at radius 2 is 2.00 bits per heavy atom. The maximum atomic E-state index is 12.6. The van der Waals surface area contributed by atoms with E-state index in [9.17, 15) is 23.1 Å². The largest absolute Gasteiger partial charge is 0.439 e. The highest BCUT2D eigenvalue weighted by Gasteiger charge is 2.37. The molecule has 0 spiro atoms. The van der Waals surface area contributed by atoms with Gasteiger partial charge in [-0.05, 0) is 18.2 Å². The summed E-state index contributed by atoms with van der Waals surface area (Å²) in [5.41, 5.74) is -1.13. The van der Waals surface area contributed by atoms with Crippen LogP contribution < -0.4 is 10.4 Å². The van der Waals surface area contributed by atoms with Crippen molar-refractivity contribution in [3.63, 3.8) is 0 Å². The van der Waals surface area contributed by atoms with Crippen molar-refractivity contribution in [2.24, 2.45) is 7.05 Å². The molecule has 0 atom stereocenters. The van der Waals surface area contributed by atoms with Crippen molar-refractivity contribution in [3.8, 4) is 11.6 Å². The van der Waals surface area contributed by atoms with Gasteiger partial charge in [-0.3, -0.25) is 9.13 Å². The van der Waals surface area contributed by atoms with Crippen LogP contribution in [0.25, 0.3) is 11.0 Å². The third-order valence-electron chi connectivity index (χ3n) is 4.60. The SMILES string of the molecule is Cn1c(=O)n(CC2(O)COC2)c2cc(Oc3ccc(C(F)(F)F)cn3)ccc21. The third kappa shape index (κ3) is 3.25. The minimum Gasteiger partial charge on any atom is -0.439 e. The number of imidazole rings is 1. The van der Waals surface area contributed by atoms with Crippen molar-refractivity contribution in [2.75, 3.05) is 13.2 Å². The number of hydrogen-bond acceptors (Lipinski definition) is 5. The molecule has 7 nitrogen and oxygen atoms in total. The van der Waals surface area contributed by atoms with Crippen LogP contribution in [0.15, 0.2) is 41.3 Å². The molecular weight excluding hydrogens is 379 g/mol. The Hall–Kier alpha value is -2.85. The number of fused-ring (bicyclic) bond motifs is 1. The second-order valence-electron chi connectivity index (χ2n) is 6.78. The number of nitrogens with zero attached hydrogens (tertiary/aromatic N) is 3. The van der Waals surface area contributed by atoms with E-state index in [2.05, 4.69) is 4.98 Å². The summed E-state index contributed by atoms with van der Waals surface area (Å²) < 4.78 is 51.3. The Bertz CT molecular complexity index is 1080. The highest BCUT2D eigenvalue weighted by atomic mass is 19.4. The number of aromatic nitrogens is 3. The molecule has 0 aliphatic carbocycles. The van der Waals surface area contributed by atoms with Crippen LogP contribution in [-0.2, 0) is 24.5 Å². The zero-order valence-electron chi connectivity index (χ0n) is 14.7. The van der Waals surface area contributed by atoms with Gasteiger partial charge in [0.25, 0.3) is 0 Å². The third-order valence-corrected chi connectivity index (χ3v) is 4.60. The molecule has 3 heterocycles. The van der Waals surface area contributed by atoms with Crippen molar-refractivity contribution in [3.05, 3.63) is 52.6 Å². The molecule has 1 aliphatic heterocycles. The number of benzene rings is 1. The molecule has 0 amide bonds. The average molecular weight is 395 g/mol. The van der Waals surface area contributed by atoms with Crippen molar-refractivity contribution in [2.45, 2.75) is 18.3 Å². The van der Waals surface area contributed by atoms with Crippen molar-refractivity contribution >= 4 is 11.0 Å². The molecule has 0 saturated carbocycles. The van der Waals surface area contributed by atoms with Gasteiger partial charge in [0.1, 0.15) is 11.4 Å². The van der Waals surface area contributed by atoms with E-state index in [1.54, 1.807) is 25.2 Å². The molecule has 0 radical (unpaired) electrons. The van der Waals surface area contributed by atoms with Gasteiger partial charge in [-0.1, -0.05) is 0 Å². The van der Waals surface area contributed by atoms with Crippen LogP contribution in [0.1, 0.15) is 5.56 Å². The number of aliphatic hydroxyl groups is 1. The second-order valence-corrected chi connectivity index (χ2v) is 6.78. The Morgan fingerprint density at radius 3 is 2.57 bits per heavy atom. The fraction of sp³-hybridized carbons (Fsp3) is 0.333. The van der Waals surface area contributed by atoms with Gasteiger partial charge < -0.3 is 14.6 Å².